The molecule has 1 amide bonds. The van der Waals surface area contributed by atoms with Crippen molar-refractivity contribution in [2.75, 3.05) is 12.0 Å². The van der Waals surface area contributed by atoms with Crippen LogP contribution >= 0.6 is 23.1 Å². The third-order valence-electron chi connectivity index (χ3n) is 3.70. The number of halogens is 1. The molecule has 29 heavy (non-hydrogen) atoms. The van der Waals surface area contributed by atoms with E-state index in [-0.39, 0.29) is 17.2 Å². The van der Waals surface area contributed by atoms with Gasteiger partial charge in [0.15, 0.2) is 0 Å². The van der Waals surface area contributed by atoms with Crippen molar-refractivity contribution in [3.8, 4) is 0 Å². The summed E-state index contributed by atoms with van der Waals surface area (Å²) in [7, 11) is -8.08. The second kappa shape index (κ2) is 10.00. The molecule has 2 rings (SSSR count). The molecule has 2 aromatic rings. The molecule has 0 bridgehead atoms. The van der Waals surface area contributed by atoms with E-state index in [0.717, 1.165) is 23.5 Å². The minimum absolute atomic E-state index is 0.00376. The average molecular weight is 482 g/mol. The molecule has 1 aromatic carbocycles. The molecule has 0 saturated heterocycles. The number of primary sulfonamides is 1. The standard InChI is InChI=1S/C16H20FN3O5S4/c1-26-9-8-13(20-29(24,25)14-5-3-2-4-12(14)17)16(21)19-10-11-6-7-15(27-11)28(18,22)23/h2-7,13,20H,8-10H2,1H3,(H,19,21)(H2,18,22,23). The molecule has 1 unspecified atom stereocenters. The van der Waals surface area contributed by atoms with Gasteiger partial charge in [-0.2, -0.15) is 16.5 Å². The molecule has 160 valence electrons. The number of hydrogen-bond donors (Lipinski definition) is 3. The van der Waals surface area contributed by atoms with Crippen molar-refractivity contribution in [3.63, 3.8) is 0 Å². The number of hydrogen-bond acceptors (Lipinski definition) is 7. The van der Waals surface area contributed by atoms with Gasteiger partial charge in [-0.15, -0.1) is 11.3 Å². The molecule has 0 saturated carbocycles. The van der Waals surface area contributed by atoms with Gasteiger partial charge in [-0.3, -0.25) is 4.79 Å². The van der Waals surface area contributed by atoms with Gasteiger partial charge in [0.2, 0.25) is 26.0 Å². The zero-order valence-electron chi connectivity index (χ0n) is 15.3. The van der Waals surface area contributed by atoms with Crippen molar-refractivity contribution in [3.05, 3.63) is 47.1 Å². The van der Waals surface area contributed by atoms with Crippen LogP contribution in [0.15, 0.2) is 45.5 Å². The summed E-state index contributed by atoms with van der Waals surface area (Å²) in [5.74, 6) is -1.03. The quantitative estimate of drug-likeness (QED) is 0.467. The van der Waals surface area contributed by atoms with Crippen LogP contribution in [-0.4, -0.2) is 40.8 Å². The number of nitrogens with one attached hydrogen (secondary N) is 2. The van der Waals surface area contributed by atoms with E-state index in [4.69, 9.17) is 5.14 Å². The minimum atomic E-state index is -4.25. The number of sulfonamides is 2. The number of nitrogens with two attached hydrogens (primary N) is 1. The molecule has 8 nitrogen and oxygen atoms in total. The fraction of sp³-hybridized carbons (Fsp3) is 0.312. The van der Waals surface area contributed by atoms with Crippen LogP contribution in [0.5, 0.6) is 0 Å². The van der Waals surface area contributed by atoms with E-state index >= 15 is 0 Å². The van der Waals surface area contributed by atoms with Gasteiger partial charge in [0.05, 0.1) is 6.54 Å². The number of amides is 1. The molecule has 0 aliphatic heterocycles. The molecule has 13 heteroatoms. The lowest BCUT2D eigenvalue weighted by molar-refractivity contribution is -0.122. The van der Waals surface area contributed by atoms with Crippen LogP contribution < -0.4 is 15.2 Å². The SMILES string of the molecule is CSCCC(NS(=O)(=O)c1ccccc1F)C(=O)NCc1ccc(S(N)(=O)=O)s1. The maximum atomic E-state index is 13.9. The first-order valence-electron chi connectivity index (χ1n) is 8.19. The molecule has 1 heterocycles. The van der Waals surface area contributed by atoms with Crippen LogP contribution in [0, 0.1) is 5.82 Å². The molecule has 0 aliphatic carbocycles. The van der Waals surface area contributed by atoms with Crippen LogP contribution in [0.4, 0.5) is 4.39 Å². The Hall–Kier alpha value is -1.51. The summed E-state index contributed by atoms with van der Waals surface area (Å²) in [5.41, 5.74) is 0. The van der Waals surface area contributed by atoms with Gasteiger partial charge in [-0.05, 0) is 42.7 Å². The highest BCUT2D eigenvalue weighted by molar-refractivity contribution is 7.98. The molecule has 0 radical (unpaired) electrons. The Balaban J connectivity index is 2.11. The van der Waals surface area contributed by atoms with Crippen LogP contribution in [-0.2, 0) is 31.4 Å². The first-order chi connectivity index (χ1) is 13.5. The van der Waals surface area contributed by atoms with Gasteiger partial charge < -0.3 is 5.32 Å². The first kappa shape index (κ1) is 23.8. The average Bonchev–Trinajstić information content (AvgIpc) is 3.13. The number of benzene rings is 1. The maximum Gasteiger partial charge on any atom is 0.247 e. The number of thiophene rings is 1. The summed E-state index contributed by atoms with van der Waals surface area (Å²) in [4.78, 5) is 12.5. The molecule has 4 N–H and O–H groups in total. The maximum absolute atomic E-state index is 13.9. The molecular formula is C16H20FN3O5S4. The van der Waals surface area contributed by atoms with E-state index in [1.54, 1.807) is 6.26 Å². The summed E-state index contributed by atoms with van der Waals surface area (Å²) >= 11 is 2.33. The van der Waals surface area contributed by atoms with E-state index in [0.29, 0.717) is 10.6 Å². The van der Waals surface area contributed by atoms with Crippen LogP contribution in [0.3, 0.4) is 0 Å². The van der Waals surface area contributed by atoms with Gasteiger partial charge in [-0.1, -0.05) is 12.1 Å². The van der Waals surface area contributed by atoms with Gasteiger partial charge in [-0.25, -0.2) is 26.4 Å². The molecular weight excluding hydrogens is 461 g/mol. The fourth-order valence-corrected chi connectivity index (χ4v) is 5.79. The Morgan fingerprint density at radius 2 is 1.90 bits per heavy atom. The highest BCUT2D eigenvalue weighted by atomic mass is 32.2. The molecule has 1 aromatic heterocycles. The smallest absolute Gasteiger partial charge is 0.247 e. The van der Waals surface area contributed by atoms with E-state index in [1.807, 2.05) is 0 Å². The van der Waals surface area contributed by atoms with Gasteiger partial charge in [0.1, 0.15) is 21.0 Å². The number of rotatable bonds is 10. The Morgan fingerprint density at radius 3 is 2.48 bits per heavy atom. The zero-order chi connectivity index (χ0) is 21.7. The predicted molar refractivity (Wildman–Crippen MR) is 111 cm³/mol. The lowest BCUT2D eigenvalue weighted by Crippen LogP contribution is -2.46. The van der Waals surface area contributed by atoms with E-state index < -0.39 is 42.7 Å². The van der Waals surface area contributed by atoms with Crippen LogP contribution in [0.2, 0.25) is 0 Å². The summed E-state index contributed by atoms with van der Waals surface area (Å²) in [6.07, 6.45) is 1.99. The second-order valence-electron chi connectivity index (χ2n) is 5.87. The highest BCUT2D eigenvalue weighted by Crippen LogP contribution is 2.20. The Morgan fingerprint density at radius 1 is 1.21 bits per heavy atom. The van der Waals surface area contributed by atoms with Crippen molar-refractivity contribution in [1.29, 1.82) is 0 Å². The Kier molecular flexibility index (Phi) is 8.19. The van der Waals surface area contributed by atoms with Crippen molar-refractivity contribution in [2.45, 2.75) is 28.1 Å². The van der Waals surface area contributed by atoms with Crippen molar-refractivity contribution in [2.24, 2.45) is 5.14 Å². The number of carbonyl (C=O) groups is 1. The number of thioether (sulfide) groups is 1. The molecule has 0 aliphatic rings. The normalized spacial score (nSPS) is 13.2. The third kappa shape index (κ3) is 6.76. The van der Waals surface area contributed by atoms with E-state index in [9.17, 15) is 26.0 Å². The predicted octanol–water partition coefficient (Wildman–Crippen LogP) is 1.25. The minimum Gasteiger partial charge on any atom is -0.350 e. The summed E-state index contributed by atoms with van der Waals surface area (Å²) in [6, 6.07) is 6.59. The van der Waals surface area contributed by atoms with Crippen LogP contribution in [0.25, 0.3) is 0 Å². The topological polar surface area (TPSA) is 135 Å². The van der Waals surface area contributed by atoms with Crippen LogP contribution in [0.1, 0.15) is 11.3 Å². The third-order valence-corrected chi connectivity index (χ3v) is 8.38. The summed E-state index contributed by atoms with van der Waals surface area (Å²) in [5, 5.41) is 7.62. The lowest BCUT2D eigenvalue weighted by atomic mass is 10.2. The molecule has 0 fully saturated rings. The van der Waals surface area contributed by atoms with E-state index in [2.05, 4.69) is 10.0 Å². The second-order valence-corrected chi connectivity index (χ2v) is 11.5. The van der Waals surface area contributed by atoms with Crippen molar-refractivity contribution >= 4 is 49.1 Å². The summed E-state index contributed by atoms with van der Waals surface area (Å²) < 4.78 is 63.7. The first-order valence-corrected chi connectivity index (χ1v) is 13.4. The number of carbonyl (C=O) groups excluding carboxylic acids is 1. The largest absolute Gasteiger partial charge is 0.350 e. The monoisotopic (exact) mass is 481 g/mol. The molecule has 0 spiro atoms. The van der Waals surface area contributed by atoms with Gasteiger partial charge >= 0.3 is 0 Å². The van der Waals surface area contributed by atoms with Crippen molar-refractivity contribution < 1.29 is 26.0 Å². The van der Waals surface area contributed by atoms with Crippen molar-refractivity contribution in [1.82, 2.24) is 10.0 Å². The Labute approximate surface area is 177 Å². The van der Waals surface area contributed by atoms with Gasteiger partial charge in [0.25, 0.3) is 0 Å². The van der Waals surface area contributed by atoms with E-state index in [1.165, 1.54) is 36.0 Å². The van der Waals surface area contributed by atoms with Gasteiger partial charge in [0, 0.05) is 4.88 Å². The lowest BCUT2D eigenvalue weighted by Gasteiger charge is -2.18. The fourth-order valence-electron chi connectivity index (χ4n) is 2.30. The Bertz CT molecular complexity index is 1070. The highest BCUT2D eigenvalue weighted by Gasteiger charge is 2.27. The molecule has 1 atom stereocenters. The zero-order valence-corrected chi connectivity index (χ0v) is 18.6. The summed E-state index contributed by atoms with van der Waals surface area (Å²) in [6.45, 7) is -0.00376.